The highest BCUT2D eigenvalue weighted by Gasteiger charge is 2.30. The maximum Gasteiger partial charge on any atom is 0.237 e. The first-order valence-electron chi connectivity index (χ1n) is 5.31. The lowest BCUT2D eigenvalue weighted by Gasteiger charge is -2.30. The van der Waals surface area contributed by atoms with Crippen molar-refractivity contribution in [1.29, 1.82) is 0 Å². The van der Waals surface area contributed by atoms with Crippen LogP contribution in [0.5, 0.6) is 0 Å². The predicted octanol–water partition coefficient (Wildman–Crippen LogP) is -0.552. The van der Waals surface area contributed by atoms with Gasteiger partial charge in [0.1, 0.15) is 0 Å². The van der Waals surface area contributed by atoms with Crippen molar-refractivity contribution < 1.29 is 9.59 Å². The lowest BCUT2D eigenvalue weighted by Crippen LogP contribution is -2.46. The van der Waals surface area contributed by atoms with Crippen molar-refractivity contribution in [1.82, 2.24) is 4.90 Å². The van der Waals surface area contributed by atoms with Gasteiger partial charge in [-0.25, -0.2) is 0 Å². The fourth-order valence-corrected chi connectivity index (χ4v) is 2.06. The zero-order chi connectivity index (χ0) is 11.4. The van der Waals surface area contributed by atoms with E-state index in [9.17, 15) is 9.59 Å². The molecule has 15 heavy (non-hydrogen) atoms. The second kappa shape index (κ2) is 5.11. The minimum atomic E-state index is -0.491. The van der Waals surface area contributed by atoms with Crippen molar-refractivity contribution in [3.63, 3.8) is 0 Å². The quantitative estimate of drug-likeness (QED) is 0.659. The predicted molar refractivity (Wildman–Crippen MR) is 56.8 cm³/mol. The van der Waals surface area contributed by atoms with Crippen LogP contribution in [0.4, 0.5) is 0 Å². The van der Waals surface area contributed by atoms with E-state index < -0.39 is 5.91 Å². The second-order valence-electron chi connectivity index (χ2n) is 4.22. The van der Waals surface area contributed by atoms with Gasteiger partial charge in [-0.2, -0.15) is 0 Å². The Balaban J connectivity index is 2.54. The van der Waals surface area contributed by atoms with Crippen LogP contribution in [0.25, 0.3) is 0 Å². The molecule has 0 aromatic heterocycles. The van der Waals surface area contributed by atoms with E-state index in [1.807, 2.05) is 0 Å². The Kier molecular flexibility index (Phi) is 4.08. The highest BCUT2D eigenvalue weighted by Crippen LogP contribution is 2.24. The number of hydrogen-bond acceptors (Lipinski definition) is 3. The van der Waals surface area contributed by atoms with Crippen molar-refractivity contribution in [2.45, 2.75) is 31.7 Å². The number of hydrogen-bond donors (Lipinski definition) is 2. The largest absolute Gasteiger partial charge is 0.368 e. The zero-order valence-electron chi connectivity index (χ0n) is 9.11. The molecule has 4 N–H and O–H groups in total. The number of nitrogens with zero attached hydrogens (tertiary/aromatic N) is 1. The molecule has 0 aliphatic heterocycles. The number of amides is 2. The van der Waals surface area contributed by atoms with Gasteiger partial charge >= 0.3 is 0 Å². The molecule has 0 aromatic rings. The summed E-state index contributed by atoms with van der Waals surface area (Å²) >= 11 is 0. The van der Waals surface area contributed by atoms with E-state index in [-0.39, 0.29) is 24.4 Å². The topological polar surface area (TPSA) is 89.4 Å². The molecule has 0 bridgehead atoms. The number of nitrogens with two attached hydrogens (primary N) is 2. The maximum atomic E-state index is 11.9. The van der Waals surface area contributed by atoms with Gasteiger partial charge in [0, 0.05) is 13.1 Å². The number of rotatable bonds is 3. The second-order valence-corrected chi connectivity index (χ2v) is 4.22. The molecule has 2 amide bonds. The fraction of sp³-hybridized carbons (Fsp3) is 0.800. The first-order chi connectivity index (χ1) is 7.02. The number of carbonyl (C=O) groups excluding carboxylic acids is 2. The van der Waals surface area contributed by atoms with Gasteiger partial charge in [0.25, 0.3) is 0 Å². The van der Waals surface area contributed by atoms with E-state index in [2.05, 4.69) is 0 Å². The van der Waals surface area contributed by atoms with Gasteiger partial charge in [-0.3, -0.25) is 9.59 Å². The third kappa shape index (κ3) is 3.20. The van der Waals surface area contributed by atoms with Crippen LogP contribution in [0.3, 0.4) is 0 Å². The minimum absolute atomic E-state index is 0.0257. The summed E-state index contributed by atoms with van der Waals surface area (Å²) < 4.78 is 0. The van der Waals surface area contributed by atoms with Crippen LogP contribution in [-0.2, 0) is 9.59 Å². The Bertz CT molecular complexity index is 255. The molecule has 0 saturated heterocycles. The van der Waals surface area contributed by atoms with E-state index in [1.54, 1.807) is 7.05 Å². The molecule has 0 heterocycles. The van der Waals surface area contributed by atoms with Crippen molar-refractivity contribution in [2.75, 3.05) is 13.6 Å². The van der Waals surface area contributed by atoms with Crippen molar-refractivity contribution >= 4 is 11.8 Å². The molecule has 5 nitrogen and oxygen atoms in total. The molecule has 1 aliphatic carbocycles. The molecular weight excluding hydrogens is 194 g/mol. The molecule has 1 aliphatic rings. The first-order valence-corrected chi connectivity index (χ1v) is 5.31. The van der Waals surface area contributed by atoms with Crippen LogP contribution in [0.15, 0.2) is 0 Å². The summed E-state index contributed by atoms with van der Waals surface area (Å²) in [5, 5.41) is 0. The van der Waals surface area contributed by atoms with Gasteiger partial charge < -0.3 is 16.4 Å². The lowest BCUT2D eigenvalue weighted by atomic mass is 9.84. The van der Waals surface area contributed by atoms with Crippen molar-refractivity contribution in [2.24, 2.45) is 17.4 Å². The molecule has 0 spiro atoms. The van der Waals surface area contributed by atoms with Crippen LogP contribution in [0, 0.1) is 5.92 Å². The maximum absolute atomic E-state index is 11.9. The van der Waals surface area contributed by atoms with Crippen LogP contribution in [-0.4, -0.2) is 36.3 Å². The Morgan fingerprint density at radius 2 is 1.93 bits per heavy atom. The van der Waals surface area contributed by atoms with E-state index >= 15 is 0 Å². The molecule has 2 unspecified atom stereocenters. The molecule has 1 rings (SSSR count). The highest BCUT2D eigenvalue weighted by atomic mass is 16.2. The summed E-state index contributed by atoms with van der Waals surface area (Å²) in [5.41, 5.74) is 10.9. The Morgan fingerprint density at radius 1 is 1.33 bits per heavy atom. The smallest absolute Gasteiger partial charge is 0.237 e. The van der Waals surface area contributed by atoms with Crippen LogP contribution in [0.2, 0.25) is 0 Å². The number of carbonyl (C=O) groups is 2. The summed E-state index contributed by atoms with van der Waals surface area (Å²) in [6.45, 7) is -0.0257. The fourth-order valence-electron chi connectivity index (χ4n) is 2.06. The van der Waals surface area contributed by atoms with Gasteiger partial charge in [0.05, 0.1) is 12.5 Å². The Labute approximate surface area is 89.8 Å². The Hall–Kier alpha value is -1.10. The summed E-state index contributed by atoms with van der Waals surface area (Å²) in [5.74, 6) is -0.681. The number of primary amides is 1. The zero-order valence-corrected chi connectivity index (χ0v) is 9.11. The monoisotopic (exact) mass is 213 g/mol. The van der Waals surface area contributed by atoms with Crippen molar-refractivity contribution in [3.05, 3.63) is 0 Å². The van der Waals surface area contributed by atoms with Gasteiger partial charge in [0.15, 0.2) is 0 Å². The minimum Gasteiger partial charge on any atom is -0.368 e. The van der Waals surface area contributed by atoms with E-state index in [0.29, 0.717) is 0 Å². The summed E-state index contributed by atoms with van der Waals surface area (Å²) in [4.78, 5) is 23.9. The van der Waals surface area contributed by atoms with Crippen LogP contribution >= 0.6 is 0 Å². The lowest BCUT2D eigenvalue weighted by molar-refractivity contribution is -0.138. The molecular formula is C10H19N3O2. The van der Waals surface area contributed by atoms with Crippen LogP contribution < -0.4 is 11.5 Å². The SMILES string of the molecule is CN(CC(N)=O)C(=O)C1CCCCC1N. The van der Waals surface area contributed by atoms with E-state index in [1.165, 1.54) is 4.90 Å². The molecule has 0 radical (unpaired) electrons. The third-order valence-corrected chi connectivity index (χ3v) is 2.91. The molecule has 86 valence electrons. The molecule has 0 aromatic carbocycles. The van der Waals surface area contributed by atoms with Crippen molar-refractivity contribution in [3.8, 4) is 0 Å². The molecule has 5 heteroatoms. The van der Waals surface area contributed by atoms with E-state index in [4.69, 9.17) is 11.5 Å². The number of likely N-dealkylation sites (N-methyl/N-ethyl adjacent to an activating group) is 1. The molecule has 1 saturated carbocycles. The van der Waals surface area contributed by atoms with E-state index in [0.717, 1.165) is 25.7 Å². The normalized spacial score (nSPS) is 26.0. The average molecular weight is 213 g/mol. The average Bonchev–Trinajstić information content (AvgIpc) is 2.16. The third-order valence-electron chi connectivity index (χ3n) is 2.91. The summed E-state index contributed by atoms with van der Waals surface area (Å²) in [6, 6.07) is -0.0680. The first kappa shape index (κ1) is 12.0. The van der Waals surface area contributed by atoms with Crippen LogP contribution in [0.1, 0.15) is 25.7 Å². The van der Waals surface area contributed by atoms with Gasteiger partial charge in [-0.05, 0) is 12.8 Å². The van der Waals surface area contributed by atoms with Gasteiger partial charge in [0.2, 0.25) is 11.8 Å². The highest BCUT2D eigenvalue weighted by molar-refractivity contribution is 5.85. The standard InChI is InChI=1S/C10H19N3O2/c1-13(6-9(12)14)10(15)7-4-2-3-5-8(7)11/h7-8H,2-6,11H2,1H3,(H2,12,14). The Morgan fingerprint density at radius 3 is 2.47 bits per heavy atom. The van der Waals surface area contributed by atoms with Gasteiger partial charge in [-0.15, -0.1) is 0 Å². The summed E-state index contributed by atoms with van der Waals surface area (Å²) in [6.07, 6.45) is 3.84. The molecule has 1 fully saturated rings. The molecule has 2 atom stereocenters. The van der Waals surface area contributed by atoms with Gasteiger partial charge in [-0.1, -0.05) is 12.8 Å². The summed E-state index contributed by atoms with van der Waals surface area (Å²) in [7, 11) is 1.59.